The third kappa shape index (κ3) is 3.33. The van der Waals surface area contributed by atoms with Crippen molar-refractivity contribution in [3.8, 4) is 0 Å². The van der Waals surface area contributed by atoms with Crippen molar-refractivity contribution in [2.75, 3.05) is 25.0 Å². The van der Waals surface area contributed by atoms with Gasteiger partial charge in [-0.3, -0.25) is 9.69 Å². The number of carbonyl (C=O) groups is 1. The van der Waals surface area contributed by atoms with Crippen LogP contribution >= 0.6 is 0 Å². The summed E-state index contributed by atoms with van der Waals surface area (Å²) in [4.78, 5) is 14.4. The first-order chi connectivity index (χ1) is 9.04. The van der Waals surface area contributed by atoms with E-state index in [0.29, 0.717) is 6.54 Å². The first-order valence-corrected chi connectivity index (χ1v) is 6.84. The van der Waals surface area contributed by atoms with Crippen LogP contribution in [0.5, 0.6) is 0 Å². The molecule has 4 heteroatoms. The zero-order chi connectivity index (χ0) is 13.9. The molecule has 0 bridgehead atoms. The molecule has 1 amide bonds. The number of nitrogens with two attached hydrogens (primary N) is 1. The van der Waals surface area contributed by atoms with Crippen LogP contribution < -0.4 is 11.1 Å². The van der Waals surface area contributed by atoms with Gasteiger partial charge in [-0.2, -0.15) is 0 Å². The molecule has 1 fully saturated rings. The highest BCUT2D eigenvalue weighted by molar-refractivity contribution is 5.94. The van der Waals surface area contributed by atoms with E-state index >= 15 is 0 Å². The van der Waals surface area contributed by atoms with Gasteiger partial charge in [-0.25, -0.2) is 0 Å². The Bertz CT molecular complexity index is 434. The van der Waals surface area contributed by atoms with Crippen molar-refractivity contribution in [2.24, 2.45) is 11.1 Å². The number of benzene rings is 1. The first-order valence-electron chi connectivity index (χ1n) is 6.84. The maximum atomic E-state index is 12.2. The van der Waals surface area contributed by atoms with E-state index in [1.165, 1.54) is 0 Å². The molecular weight excluding hydrogens is 238 g/mol. The SMILES string of the molecule is CC(C(=O)Nc1ccccc1)N1CCC(C)(CN)C1. The predicted molar refractivity (Wildman–Crippen MR) is 77.9 cm³/mol. The molecule has 19 heavy (non-hydrogen) atoms. The van der Waals surface area contributed by atoms with E-state index in [4.69, 9.17) is 5.73 Å². The maximum absolute atomic E-state index is 12.2. The monoisotopic (exact) mass is 261 g/mol. The van der Waals surface area contributed by atoms with Gasteiger partial charge in [-0.15, -0.1) is 0 Å². The van der Waals surface area contributed by atoms with Crippen molar-refractivity contribution in [1.82, 2.24) is 4.90 Å². The number of hydrogen-bond acceptors (Lipinski definition) is 3. The minimum atomic E-state index is -0.117. The van der Waals surface area contributed by atoms with Crippen molar-refractivity contribution < 1.29 is 4.79 Å². The molecular formula is C15H23N3O. The van der Waals surface area contributed by atoms with E-state index in [9.17, 15) is 4.79 Å². The van der Waals surface area contributed by atoms with Gasteiger partial charge in [0, 0.05) is 12.2 Å². The fraction of sp³-hybridized carbons (Fsp3) is 0.533. The number of nitrogens with one attached hydrogen (secondary N) is 1. The van der Waals surface area contributed by atoms with Gasteiger partial charge in [0.2, 0.25) is 5.91 Å². The summed E-state index contributed by atoms with van der Waals surface area (Å²) >= 11 is 0. The van der Waals surface area contributed by atoms with Crippen LogP contribution in [0.1, 0.15) is 20.3 Å². The Balaban J connectivity index is 1.93. The molecule has 2 rings (SSSR count). The number of rotatable bonds is 4. The molecule has 1 heterocycles. The topological polar surface area (TPSA) is 58.4 Å². The number of likely N-dealkylation sites (tertiary alicyclic amines) is 1. The summed E-state index contributed by atoms with van der Waals surface area (Å²) < 4.78 is 0. The van der Waals surface area contributed by atoms with E-state index in [0.717, 1.165) is 25.2 Å². The highest BCUT2D eigenvalue weighted by Crippen LogP contribution is 2.29. The minimum absolute atomic E-state index is 0.0486. The molecule has 2 atom stereocenters. The van der Waals surface area contributed by atoms with Crippen LogP contribution in [0.4, 0.5) is 5.69 Å². The summed E-state index contributed by atoms with van der Waals surface area (Å²) in [6, 6.07) is 9.46. The minimum Gasteiger partial charge on any atom is -0.330 e. The second-order valence-corrected chi connectivity index (χ2v) is 5.77. The van der Waals surface area contributed by atoms with Gasteiger partial charge in [0.25, 0.3) is 0 Å². The quantitative estimate of drug-likeness (QED) is 0.867. The van der Waals surface area contributed by atoms with Gasteiger partial charge in [0.15, 0.2) is 0 Å². The largest absolute Gasteiger partial charge is 0.330 e. The molecule has 1 saturated heterocycles. The van der Waals surface area contributed by atoms with Gasteiger partial charge in [0.05, 0.1) is 6.04 Å². The van der Waals surface area contributed by atoms with Crippen LogP contribution in [0.25, 0.3) is 0 Å². The van der Waals surface area contributed by atoms with E-state index < -0.39 is 0 Å². The highest BCUT2D eigenvalue weighted by atomic mass is 16.2. The van der Waals surface area contributed by atoms with Crippen LogP contribution in [0.15, 0.2) is 30.3 Å². The Morgan fingerprint density at radius 3 is 2.74 bits per heavy atom. The average Bonchev–Trinajstić information content (AvgIpc) is 2.82. The van der Waals surface area contributed by atoms with Gasteiger partial charge in [-0.1, -0.05) is 25.1 Å². The number of hydrogen-bond donors (Lipinski definition) is 2. The third-order valence-electron chi connectivity index (χ3n) is 4.05. The molecule has 104 valence electrons. The van der Waals surface area contributed by atoms with E-state index in [1.54, 1.807) is 0 Å². The van der Waals surface area contributed by atoms with Crippen LogP contribution in [-0.2, 0) is 4.79 Å². The Morgan fingerprint density at radius 1 is 1.47 bits per heavy atom. The fourth-order valence-electron chi connectivity index (χ4n) is 2.49. The highest BCUT2D eigenvalue weighted by Gasteiger charge is 2.36. The molecule has 3 N–H and O–H groups in total. The third-order valence-corrected chi connectivity index (χ3v) is 4.05. The lowest BCUT2D eigenvalue weighted by Gasteiger charge is -2.26. The van der Waals surface area contributed by atoms with Gasteiger partial charge in [0.1, 0.15) is 0 Å². The van der Waals surface area contributed by atoms with Crippen molar-refractivity contribution in [1.29, 1.82) is 0 Å². The lowest BCUT2D eigenvalue weighted by Crippen LogP contribution is -2.42. The molecule has 2 unspecified atom stereocenters. The Labute approximate surface area is 115 Å². The average molecular weight is 261 g/mol. The summed E-state index contributed by atoms with van der Waals surface area (Å²) in [5.41, 5.74) is 6.80. The molecule has 0 aromatic heterocycles. The predicted octanol–water partition coefficient (Wildman–Crippen LogP) is 1.68. The van der Waals surface area contributed by atoms with Crippen molar-refractivity contribution in [3.05, 3.63) is 30.3 Å². The van der Waals surface area contributed by atoms with Gasteiger partial charge >= 0.3 is 0 Å². The summed E-state index contributed by atoms with van der Waals surface area (Å²) in [5.74, 6) is 0.0486. The number of nitrogens with zero attached hydrogens (tertiary/aromatic N) is 1. The lowest BCUT2D eigenvalue weighted by atomic mass is 9.90. The molecule has 1 aliphatic heterocycles. The molecule has 0 aliphatic carbocycles. The Kier molecular flexibility index (Phi) is 4.22. The summed E-state index contributed by atoms with van der Waals surface area (Å²) in [7, 11) is 0. The van der Waals surface area contributed by atoms with E-state index in [-0.39, 0.29) is 17.4 Å². The molecule has 1 aromatic carbocycles. The second-order valence-electron chi connectivity index (χ2n) is 5.77. The van der Waals surface area contributed by atoms with Crippen LogP contribution in [0.2, 0.25) is 0 Å². The Morgan fingerprint density at radius 2 is 2.16 bits per heavy atom. The number of amides is 1. The maximum Gasteiger partial charge on any atom is 0.241 e. The summed E-state index contributed by atoms with van der Waals surface area (Å²) in [5, 5.41) is 2.95. The molecule has 4 nitrogen and oxygen atoms in total. The molecule has 1 aliphatic rings. The molecule has 0 radical (unpaired) electrons. The van der Waals surface area contributed by atoms with Crippen LogP contribution in [0.3, 0.4) is 0 Å². The zero-order valence-corrected chi connectivity index (χ0v) is 11.7. The van der Waals surface area contributed by atoms with E-state index in [2.05, 4.69) is 17.1 Å². The molecule has 0 saturated carbocycles. The second kappa shape index (κ2) is 5.72. The standard InChI is InChI=1S/C15H23N3O/c1-12(18-9-8-15(2,10-16)11-18)14(19)17-13-6-4-3-5-7-13/h3-7,12H,8-11,16H2,1-2H3,(H,17,19). The number of para-hydroxylation sites is 1. The fourth-order valence-corrected chi connectivity index (χ4v) is 2.49. The van der Waals surface area contributed by atoms with Crippen molar-refractivity contribution >= 4 is 11.6 Å². The first kappa shape index (κ1) is 14.0. The van der Waals surface area contributed by atoms with E-state index in [1.807, 2.05) is 37.3 Å². The lowest BCUT2D eigenvalue weighted by molar-refractivity contribution is -0.120. The Hall–Kier alpha value is -1.39. The number of carbonyl (C=O) groups excluding carboxylic acids is 1. The number of anilines is 1. The zero-order valence-electron chi connectivity index (χ0n) is 11.7. The smallest absolute Gasteiger partial charge is 0.241 e. The van der Waals surface area contributed by atoms with Crippen LogP contribution in [0, 0.1) is 5.41 Å². The summed E-state index contributed by atoms with van der Waals surface area (Å²) in [6.07, 6.45) is 1.06. The van der Waals surface area contributed by atoms with Gasteiger partial charge in [-0.05, 0) is 44.0 Å². The van der Waals surface area contributed by atoms with Gasteiger partial charge < -0.3 is 11.1 Å². The molecule has 1 aromatic rings. The van der Waals surface area contributed by atoms with Crippen molar-refractivity contribution in [2.45, 2.75) is 26.3 Å². The van der Waals surface area contributed by atoms with Crippen molar-refractivity contribution in [3.63, 3.8) is 0 Å². The van der Waals surface area contributed by atoms with Crippen LogP contribution in [-0.4, -0.2) is 36.5 Å². The molecule has 0 spiro atoms. The summed E-state index contributed by atoms with van der Waals surface area (Å²) in [6.45, 7) is 6.66. The normalized spacial score (nSPS) is 25.2.